The van der Waals surface area contributed by atoms with E-state index >= 15 is 0 Å². The molecule has 2 aliphatic rings. The van der Waals surface area contributed by atoms with E-state index in [0.29, 0.717) is 18.7 Å². The number of hydrogen-bond acceptors (Lipinski definition) is 6. The molecule has 0 spiro atoms. The van der Waals surface area contributed by atoms with Crippen molar-refractivity contribution in [1.82, 2.24) is 15.2 Å². The molecule has 3 amide bonds. The van der Waals surface area contributed by atoms with E-state index in [1.54, 1.807) is 12.3 Å². The molecule has 9 nitrogen and oxygen atoms in total. The summed E-state index contributed by atoms with van der Waals surface area (Å²) < 4.78 is -0.819. The van der Waals surface area contributed by atoms with Crippen molar-refractivity contribution < 1.29 is 14.4 Å². The van der Waals surface area contributed by atoms with Gasteiger partial charge in [0, 0.05) is 30.4 Å². The molecule has 3 rings (SSSR count). The first-order chi connectivity index (χ1) is 14.1. The second-order valence-electron chi connectivity index (χ2n) is 7.27. The molecule has 0 saturated heterocycles. The topological polar surface area (TPSA) is 141 Å². The number of carbonyl (C=O) groups is 3. The summed E-state index contributed by atoms with van der Waals surface area (Å²) in [5, 5.41) is 13.4. The molecule has 1 fully saturated rings. The van der Waals surface area contributed by atoms with Crippen LogP contribution in [0.2, 0.25) is 0 Å². The van der Waals surface area contributed by atoms with Crippen LogP contribution in [0.3, 0.4) is 0 Å². The summed E-state index contributed by atoms with van der Waals surface area (Å²) in [4.78, 5) is 41.8. The number of primary amides is 1. The number of halogens is 2. The van der Waals surface area contributed by atoms with Gasteiger partial charge in [0.2, 0.25) is 11.8 Å². The zero-order valence-corrected chi connectivity index (χ0v) is 17.7. The zero-order valence-electron chi connectivity index (χ0n) is 16.2. The molecule has 11 heteroatoms. The van der Waals surface area contributed by atoms with E-state index in [0.717, 1.165) is 0 Å². The van der Waals surface area contributed by atoms with E-state index in [1.807, 2.05) is 6.92 Å². The largest absolute Gasteiger partial charge is 0.374 e. The third kappa shape index (κ3) is 4.41. The lowest BCUT2D eigenvalue weighted by atomic mass is 10.1. The Balaban J connectivity index is 1.58. The summed E-state index contributed by atoms with van der Waals surface area (Å²) in [6, 6.07) is 0.796. The van der Waals surface area contributed by atoms with Crippen molar-refractivity contribution in [3.63, 3.8) is 0 Å². The number of nitrogens with two attached hydrogens (primary N) is 1. The van der Waals surface area contributed by atoms with Crippen LogP contribution in [-0.2, 0) is 14.4 Å². The quantitative estimate of drug-likeness (QED) is 0.344. The lowest BCUT2D eigenvalue weighted by Gasteiger charge is -2.23. The molecule has 1 aromatic rings. The van der Waals surface area contributed by atoms with Crippen LogP contribution in [0, 0.1) is 17.2 Å². The summed E-state index contributed by atoms with van der Waals surface area (Å²) in [6.45, 7) is 2.10. The molecule has 0 radical (unpaired) electrons. The van der Waals surface area contributed by atoms with Gasteiger partial charge in [-0.3, -0.25) is 24.8 Å². The third-order valence-electron chi connectivity index (χ3n) is 5.41. The summed E-state index contributed by atoms with van der Waals surface area (Å²) in [5.74, 6) is -1.45. The van der Waals surface area contributed by atoms with Crippen LogP contribution in [0.15, 0.2) is 30.7 Å². The van der Waals surface area contributed by atoms with Crippen LogP contribution in [0.4, 0.5) is 5.69 Å². The minimum Gasteiger partial charge on any atom is -0.374 e. The Morgan fingerprint density at radius 3 is 2.73 bits per heavy atom. The van der Waals surface area contributed by atoms with Crippen molar-refractivity contribution >= 4 is 52.3 Å². The maximum absolute atomic E-state index is 12.7. The van der Waals surface area contributed by atoms with E-state index in [9.17, 15) is 14.4 Å². The Kier molecular flexibility index (Phi) is 6.33. The maximum atomic E-state index is 12.7. The molecule has 160 valence electrons. The van der Waals surface area contributed by atoms with Gasteiger partial charge in [0.1, 0.15) is 16.1 Å². The van der Waals surface area contributed by atoms with Crippen LogP contribution < -0.4 is 16.4 Å². The van der Waals surface area contributed by atoms with Gasteiger partial charge in [0.05, 0.1) is 18.4 Å². The van der Waals surface area contributed by atoms with E-state index in [2.05, 4.69) is 15.6 Å². The Hall–Kier alpha value is -2.65. The SMILES string of the molecule is CC1C(CNC(=O)[C@@H]2CC=CN2C(=O)CNc2cnccc2C(=N)C(N)=O)C1(Cl)Cl. The number of pyridine rings is 1. The molecule has 0 bridgehead atoms. The summed E-state index contributed by atoms with van der Waals surface area (Å²) in [5.41, 5.74) is 5.33. The summed E-state index contributed by atoms with van der Waals surface area (Å²) in [6.07, 6.45) is 6.52. The maximum Gasteiger partial charge on any atom is 0.267 e. The molecule has 1 aliphatic carbocycles. The Bertz CT molecular complexity index is 919. The first-order valence-corrected chi connectivity index (χ1v) is 10.1. The summed E-state index contributed by atoms with van der Waals surface area (Å²) in [7, 11) is 0. The minimum absolute atomic E-state index is 0.0189. The number of alkyl halides is 2. The molecule has 2 unspecified atom stereocenters. The monoisotopic (exact) mass is 452 g/mol. The molecule has 0 aromatic carbocycles. The van der Waals surface area contributed by atoms with Gasteiger partial charge in [-0.15, -0.1) is 23.2 Å². The van der Waals surface area contributed by atoms with Crippen molar-refractivity contribution in [2.45, 2.75) is 23.7 Å². The fourth-order valence-electron chi connectivity index (χ4n) is 3.36. The number of amides is 3. The predicted molar refractivity (Wildman–Crippen MR) is 113 cm³/mol. The summed E-state index contributed by atoms with van der Waals surface area (Å²) >= 11 is 12.2. The van der Waals surface area contributed by atoms with Gasteiger partial charge >= 0.3 is 0 Å². The Morgan fingerprint density at radius 1 is 1.40 bits per heavy atom. The molecule has 1 saturated carbocycles. The number of hydrogen-bond donors (Lipinski definition) is 4. The van der Waals surface area contributed by atoms with Gasteiger partial charge < -0.3 is 21.3 Å². The predicted octanol–water partition coefficient (Wildman–Crippen LogP) is 1.02. The molecule has 2 heterocycles. The van der Waals surface area contributed by atoms with E-state index < -0.39 is 22.0 Å². The average molecular weight is 453 g/mol. The number of rotatable bonds is 8. The molecular formula is C19H22Cl2N6O3. The lowest BCUT2D eigenvalue weighted by Crippen LogP contribution is -2.47. The van der Waals surface area contributed by atoms with Gasteiger partial charge in [0.25, 0.3) is 5.91 Å². The third-order valence-corrected chi connectivity index (χ3v) is 6.66. The van der Waals surface area contributed by atoms with Crippen molar-refractivity contribution in [3.8, 4) is 0 Å². The first kappa shape index (κ1) is 22.0. The second-order valence-corrected chi connectivity index (χ2v) is 8.71. The van der Waals surface area contributed by atoms with Crippen LogP contribution >= 0.6 is 23.2 Å². The van der Waals surface area contributed by atoms with E-state index in [1.165, 1.54) is 23.4 Å². The van der Waals surface area contributed by atoms with Crippen LogP contribution in [0.1, 0.15) is 18.9 Å². The van der Waals surface area contributed by atoms with Crippen molar-refractivity contribution in [2.24, 2.45) is 17.6 Å². The first-order valence-electron chi connectivity index (χ1n) is 9.34. The van der Waals surface area contributed by atoms with E-state index in [-0.39, 0.29) is 35.8 Å². The molecular weight excluding hydrogens is 431 g/mol. The molecule has 1 aliphatic heterocycles. The Labute approximate surface area is 183 Å². The van der Waals surface area contributed by atoms with Crippen LogP contribution in [0.25, 0.3) is 0 Å². The van der Waals surface area contributed by atoms with Gasteiger partial charge in [-0.25, -0.2) is 0 Å². The highest BCUT2D eigenvalue weighted by molar-refractivity contribution is 6.51. The number of carbonyl (C=O) groups excluding carboxylic acids is 3. The number of aromatic nitrogens is 1. The van der Waals surface area contributed by atoms with Crippen molar-refractivity contribution in [3.05, 3.63) is 36.3 Å². The standard InChI is InChI=1S/C19H22Cl2N6O3/c1-10-12(19(10,20)21)7-26-18(30)14-3-2-6-27(14)15(28)9-25-13-8-24-5-4-11(13)16(22)17(23)29/h2,4-6,8,10,12,14,22,25H,3,7,9H2,1H3,(H2,23,29)(H,26,30)/t10?,12?,14-/m0/s1. The molecule has 3 atom stereocenters. The van der Waals surface area contributed by atoms with Gasteiger partial charge in [-0.05, 0) is 18.4 Å². The number of nitrogens with zero attached hydrogens (tertiary/aromatic N) is 2. The molecule has 5 N–H and O–H groups in total. The number of anilines is 1. The fourth-order valence-corrected chi connectivity index (χ4v) is 4.07. The minimum atomic E-state index is -0.891. The highest BCUT2D eigenvalue weighted by Gasteiger charge is 2.60. The smallest absolute Gasteiger partial charge is 0.267 e. The normalized spacial score (nSPS) is 23.7. The average Bonchev–Trinajstić information content (AvgIpc) is 3.06. The van der Waals surface area contributed by atoms with Gasteiger partial charge in [-0.1, -0.05) is 13.0 Å². The van der Waals surface area contributed by atoms with Crippen molar-refractivity contribution in [2.75, 3.05) is 18.4 Å². The van der Waals surface area contributed by atoms with Crippen molar-refractivity contribution in [1.29, 1.82) is 5.41 Å². The highest BCUT2D eigenvalue weighted by atomic mass is 35.5. The Morgan fingerprint density at radius 2 is 2.10 bits per heavy atom. The molecule has 30 heavy (non-hydrogen) atoms. The number of nitrogens with one attached hydrogen (secondary N) is 3. The fraction of sp³-hybridized carbons (Fsp3) is 0.421. The van der Waals surface area contributed by atoms with Gasteiger partial charge in [0.15, 0.2) is 0 Å². The van der Waals surface area contributed by atoms with Crippen LogP contribution in [0.5, 0.6) is 0 Å². The second kappa shape index (κ2) is 8.61. The van der Waals surface area contributed by atoms with Gasteiger partial charge in [-0.2, -0.15) is 0 Å². The van der Waals surface area contributed by atoms with Crippen LogP contribution in [-0.4, -0.2) is 56.8 Å². The van der Waals surface area contributed by atoms with E-state index in [4.69, 9.17) is 34.3 Å². The lowest BCUT2D eigenvalue weighted by molar-refractivity contribution is -0.135. The highest BCUT2D eigenvalue weighted by Crippen LogP contribution is 2.58. The molecule has 1 aromatic heterocycles. The zero-order chi connectivity index (χ0) is 22.1.